The van der Waals surface area contributed by atoms with Gasteiger partial charge in [0, 0.05) is 56.0 Å². The maximum Gasteiger partial charge on any atom is 0.415 e. The van der Waals surface area contributed by atoms with Gasteiger partial charge in [0.1, 0.15) is 23.4 Å². The van der Waals surface area contributed by atoms with E-state index in [4.69, 9.17) is 14.2 Å². The summed E-state index contributed by atoms with van der Waals surface area (Å²) in [5.74, 6) is 2.57. The highest BCUT2D eigenvalue weighted by Gasteiger charge is 2.25. The first-order chi connectivity index (χ1) is 18.5. The van der Waals surface area contributed by atoms with Gasteiger partial charge in [0.05, 0.1) is 0 Å². The maximum atomic E-state index is 12.7. The molecule has 1 aliphatic heterocycles. The molecule has 0 spiro atoms. The van der Waals surface area contributed by atoms with Gasteiger partial charge in [0.15, 0.2) is 0 Å². The van der Waals surface area contributed by atoms with E-state index in [-0.39, 0.29) is 12.2 Å². The number of benzene rings is 2. The Morgan fingerprint density at radius 2 is 1.58 bits per heavy atom. The quantitative estimate of drug-likeness (QED) is 0.282. The fraction of sp³-hybridized carbons (Fsp3) is 0.258. The topological polar surface area (TPSA) is 73.8 Å². The minimum absolute atomic E-state index is 0.0408. The molecule has 1 aliphatic rings. The van der Waals surface area contributed by atoms with Crippen LogP contribution in [0.4, 0.5) is 4.79 Å². The molecule has 0 saturated carbocycles. The number of piperidine rings is 1. The van der Waals surface area contributed by atoms with Crippen LogP contribution in [0, 0.1) is 13.8 Å². The van der Waals surface area contributed by atoms with Gasteiger partial charge in [-0.25, -0.2) is 9.78 Å². The molecule has 5 rings (SSSR count). The summed E-state index contributed by atoms with van der Waals surface area (Å²) in [7, 11) is 0. The number of likely N-dealkylation sites (tertiary alicyclic amines) is 1. The predicted octanol–water partition coefficient (Wildman–Crippen LogP) is 6.52. The molecule has 7 heteroatoms. The summed E-state index contributed by atoms with van der Waals surface area (Å²) >= 11 is 0. The van der Waals surface area contributed by atoms with E-state index in [0.717, 1.165) is 47.5 Å². The maximum absolute atomic E-state index is 12.7. The lowest BCUT2D eigenvalue weighted by molar-refractivity contribution is 0.0930. The second kappa shape index (κ2) is 11.8. The van der Waals surface area contributed by atoms with Gasteiger partial charge in [-0.05, 0) is 73.5 Å². The van der Waals surface area contributed by atoms with E-state index in [0.29, 0.717) is 30.5 Å². The molecule has 0 N–H and O–H groups in total. The number of rotatable bonds is 7. The molecular formula is C31H31N3O4. The lowest BCUT2D eigenvalue weighted by atomic mass is 10.1. The van der Waals surface area contributed by atoms with Crippen molar-refractivity contribution in [3.63, 3.8) is 0 Å². The molecule has 2 aromatic carbocycles. The van der Waals surface area contributed by atoms with E-state index in [1.165, 1.54) is 0 Å². The molecule has 3 heterocycles. The molecule has 0 unspecified atom stereocenters. The highest BCUT2D eigenvalue weighted by molar-refractivity contribution is 5.70. The lowest BCUT2D eigenvalue weighted by Gasteiger charge is -2.31. The zero-order valence-electron chi connectivity index (χ0n) is 21.7. The van der Waals surface area contributed by atoms with Gasteiger partial charge in [-0.3, -0.25) is 4.98 Å². The van der Waals surface area contributed by atoms with E-state index in [1.54, 1.807) is 11.1 Å². The first-order valence-corrected chi connectivity index (χ1v) is 12.9. The van der Waals surface area contributed by atoms with Crippen LogP contribution in [-0.4, -0.2) is 40.2 Å². The highest BCUT2D eigenvalue weighted by Crippen LogP contribution is 2.25. The predicted molar refractivity (Wildman–Crippen MR) is 145 cm³/mol. The normalized spacial score (nSPS) is 13.7. The fourth-order valence-corrected chi connectivity index (χ4v) is 4.32. The van der Waals surface area contributed by atoms with Crippen molar-refractivity contribution in [3.8, 4) is 23.1 Å². The van der Waals surface area contributed by atoms with E-state index in [1.807, 2.05) is 92.7 Å². The van der Waals surface area contributed by atoms with Crippen molar-refractivity contribution < 1.29 is 19.0 Å². The second-order valence-corrected chi connectivity index (χ2v) is 9.51. The number of nitrogens with zero attached hydrogens (tertiary/aromatic N) is 3. The van der Waals surface area contributed by atoms with Gasteiger partial charge in [-0.15, -0.1) is 0 Å². The third-order valence-electron chi connectivity index (χ3n) is 6.39. The zero-order chi connectivity index (χ0) is 26.3. The van der Waals surface area contributed by atoms with Crippen molar-refractivity contribution in [2.45, 2.75) is 39.2 Å². The molecule has 0 atom stereocenters. The summed E-state index contributed by atoms with van der Waals surface area (Å²) in [6, 6.07) is 25.0. The molecular weight excluding hydrogens is 478 g/mol. The Morgan fingerprint density at radius 3 is 2.26 bits per heavy atom. The molecule has 2 aromatic heterocycles. The Bertz CT molecular complexity index is 1350. The summed E-state index contributed by atoms with van der Waals surface area (Å²) in [6.45, 7) is 5.14. The zero-order valence-corrected chi connectivity index (χ0v) is 21.7. The minimum Gasteiger partial charge on any atom is -0.490 e. The Labute approximate surface area is 223 Å². The van der Waals surface area contributed by atoms with Crippen LogP contribution in [-0.2, 0) is 6.42 Å². The van der Waals surface area contributed by atoms with Crippen LogP contribution in [0.15, 0.2) is 85.1 Å². The van der Waals surface area contributed by atoms with Gasteiger partial charge in [-0.1, -0.05) is 24.3 Å². The third-order valence-corrected chi connectivity index (χ3v) is 6.39. The van der Waals surface area contributed by atoms with Gasteiger partial charge in [-0.2, -0.15) is 0 Å². The first-order valence-electron chi connectivity index (χ1n) is 12.9. The van der Waals surface area contributed by atoms with Crippen LogP contribution >= 0.6 is 0 Å². The Balaban J connectivity index is 1.06. The van der Waals surface area contributed by atoms with Crippen molar-refractivity contribution in [2.24, 2.45) is 0 Å². The first kappa shape index (κ1) is 25.3. The lowest BCUT2D eigenvalue weighted by Crippen LogP contribution is -2.43. The fourth-order valence-electron chi connectivity index (χ4n) is 4.32. The molecule has 38 heavy (non-hydrogen) atoms. The molecule has 0 aliphatic carbocycles. The summed E-state index contributed by atoms with van der Waals surface area (Å²) in [5, 5.41) is 0. The molecule has 1 saturated heterocycles. The minimum atomic E-state index is -0.331. The number of hydrogen-bond donors (Lipinski definition) is 0. The number of aryl methyl sites for hydroxylation is 2. The summed E-state index contributed by atoms with van der Waals surface area (Å²) < 4.78 is 17.5. The van der Waals surface area contributed by atoms with Crippen LogP contribution < -0.4 is 14.2 Å². The van der Waals surface area contributed by atoms with Crippen LogP contribution in [0.2, 0.25) is 0 Å². The van der Waals surface area contributed by atoms with E-state index in [2.05, 4.69) is 9.97 Å². The summed E-state index contributed by atoms with van der Waals surface area (Å²) in [6.07, 6.45) is 3.70. The average molecular weight is 510 g/mol. The average Bonchev–Trinajstić information content (AvgIpc) is 2.93. The smallest absolute Gasteiger partial charge is 0.415 e. The Kier molecular flexibility index (Phi) is 7.83. The number of carbonyl (C=O) groups is 1. The number of carbonyl (C=O) groups excluding carboxylic acids is 1. The largest absolute Gasteiger partial charge is 0.490 e. The van der Waals surface area contributed by atoms with Crippen molar-refractivity contribution in [2.75, 3.05) is 13.1 Å². The molecule has 1 fully saturated rings. The van der Waals surface area contributed by atoms with Gasteiger partial charge in [0.2, 0.25) is 5.88 Å². The summed E-state index contributed by atoms with van der Waals surface area (Å²) in [4.78, 5) is 23.2. The monoisotopic (exact) mass is 509 g/mol. The molecule has 0 radical (unpaired) electrons. The molecule has 1 amide bonds. The SMILES string of the molecule is Cc1ccc(Oc2ccc(OC3CCN(C(=O)Oc4ccc(Cc5cccc(C)n5)cc4)CC3)cc2)nc1. The van der Waals surface area contributed by atoms with Crippen LogP contribution in [0.5, 0.6) is 23.1 Å². The number of ether oxygens (including phenoxy) is 3. The van der Waals surface area contributed by atoms with Crippen LogP contribution in [0.25, 0.3) is 0 Å². The van der Waals surface area contributed by atoms with Gasteiger partial charge < -0.3 is 19.1 Å². The number of pyridine rings is 2. The second-order valence-electron chi connectivity index (χ2n) is 9.51. The third kappa shape index (κ3) is 6.88. The van der Waals surface area contributed by atoms with Crippen LogP contribution in [0.3, 0.4) is 0 Å². The molecule has 4 aromatic rings. The number of amides is 1. The molecule has 7 nitrogen and oxygen atoms in total. The molecule has 0 bridgehead atoms. The number of hydrogen-bond acceptors (Lipinski definition) is 6. The van der Waals surface area contributed by atoms with Crippen molar-refractivity contribution >= 4 is 6.09 Å². The van der Waals surface area contributed by atoms with Crippen molar-refractivity contribution in [1.82, 2.24) is 14.9 Å². The summed E-state index contributed by atoms with van der Waals surface area (Å²) in [5.41, 5.74) is 4.22. The standard InChI is InChI=1S/C31H31N3O4/c1-22-6-15-30(32-21-22)37-27-13-11-26(12-14-27)36-29-16-18-34(19-17-29)31(35)38-28-9-7-24(8-10-28)20-25-5-3-4-23(2)33-25/h3-15,21,29H,16-20H2,1-2H3. The highest BCUT2D eigenvalue weighted by atomic mass is 16.6. The Hall–Kier alpha value is -4.39. The van der Waals surface area contributed by atoms with E-state index >= 15 is 0 Å². The molecule has 194 valence electrons. The van der Waals surface area contributed by atoms with Crippen molar-refractivity contribution in [1.29, 1.82) is 0 Å². The Morgan fingerprint density at radius 1 is 0.868 bits per heavy atom. The van der Waals surface area contributed by atoms with Gasteiger partial charge >= 0.3 is 6.09 Å². The van der Waals surface area contributed by atoms with Gasteiger partial charge in [0.25, 0.3) is 0 Å². The van der Waals surface area contributed by atoms with Crippen molar-refractivity contribution in [3.05, 3.63) is 108 Å². The van der Waals surface area contributed by atoms with E-state index < -0.39 is 0 Å². The van der Waals surface area contributed by atoms with Crippen LogP contribution in [0.1, 0.15) is 35.4 Å². The number of aromatic nitrogens is 2. The van der Waals surface area contributed by atoms with E-state index in [9.17, 15) is 4.79 Å².